The van der Waals surface area contributed by atoms with Crippen LogP contribution in [0.1, 0.15) is 18.5 Å². The molecule has 1 atom stereocenters. The maximum atomic E-state index is 11.8. The van der Waals surface area contributed by atoms with Gasteiger partial charge in [-0.2, -0.15) is 0 Å². The van der Waals surface area contributed by atoms with Gasteiger partial charge in [-0.1, -0.05) is 12.1 Å². The molecule has 6 nitrogen and oxygen atoms in total. The number of carbonyl (C=O) groups excluding carboxylic acids is 1. The Kier molecular flexibility index (Phi) is 4.32. The van der Waals surface area contributed by atoms with Crippen molar-refractivity contribution in [2.24, 2.45) is 5.73 Å². The third-order valence-corrected chi connectivity index (χ3v) is 3.50. The van der Waals surface area contributed by atoms with Gasteiger partial charge in [0.2, 0.25) is 5.91 Å². The summed E-state index contributed by atoms with van der Waals surface area (Å²) in [4.78, 5) is 11.8. The first-order chi connectivity index (χ1) is 9.99. The van der Waals surface area contributed by atoms with E-state index < -0.39 is 11.9 Å². The molecule has 0 spiro atoms. The maximum absolute atomic E-state index is 11.8. The van der Waals surface area contributed by atoms with Gasteiger partial charge in [0.15, 0.2) is 16.6 Å². The highest BCUT2D eigenvalue weighted by atomic mass is 32.1. The van der Waals surface area contributed by atoms with Crippen LogP contribution in [-0.4, -0.2) is 25.2 Å². The van der Waals surface area contributed by atoms with E-state index in [1.807, 2.05) is 12.1 Å². The van der Waals surface area contributed by atoms with Gasteiger partial charge in [0.1, 0.15) is 0 Å². The molecule has 0 fully saturated rings. The number of primary amides is 1. The maximum Gasteiger partial charge on any atom is 0.248 e. The summed E-state index contributed by atoms with van der Waals surface area (Å²) < 4.78 is 10.7. The minimum Gasteiger partial charge on any atom is -0.493 e. The van der Waals surface area contributed by atoms with Gasteiger partial charge in [-0.05, 0) is 25.2 Å². The van der Waals surface area contributed by atoms with Crippen molar-refractivity contribution in [1.82, 2.24) is 10.6 Å². The monoisotopic (exact) mass is 307 g/mol. The number of benzene rings is 1. The first kappa shape index (κ1) is 15.1. The van der Waals surface area contributed by atoms with Crippen LogP contribution in [0, 0.1) is 0 Å². The van der Waals surface area contributed by atoms with E-state index in [1.165, 1.54) is 0 Å². The van der Waals surface area contributed by atoms with Crippen LogP contribution in [0.15, 0.2) is 29.5 Å². The average molecular weight is 307 g/mol. The lowest BCUT2D eigenvalue weighted by molar-refractivity contribution is -0.115. The molecule has 1 aliphatic heterocycles. The number of carbonyl (C=O) groups is 1. The Bertz CT molecular complexity index is 628. The fourth-order valence-corrected chi connectivity index (χ4v) is 2.66. The summed E-state index contributed by atoms with van der Waals surface area (Å²) in [6, 6.07) is 4.95. The second kappa shape index (κ2) is 6.01. The molecule has 21 heavy (non-hydrogen) atoms. The Morgan fingerprint density at radius 1 is 1.33 bits per heavy atom. The third-order valence-electron chi connectivity index (χ3n) is 3.28. The highest BCUT2D eigenvalue weighted by molar-refractivity contribution is 7.80. The Balaban J connectivity index is 2.61. The predicted molar refractivity (Wildman–Crippen MR) is 83.1 cm³/mol. The molecule has 0 aromatic heterocycles. The number of methoxy groups -OCH3 is 2. The van der Waals surface area contributed by atoms with E-state index in [9.17, 15) is 4.79 Å². The number of nitrogens with one attached hydrogen (secondary N) is 2. The second-order valence-corrected chi connectivity index (χ2v) is 4.93. The lowest BCUT2D eigenvalue weighted by Crippen LogP contribution is -2.46. The van der Waals surface area contributed by atoms with E-state index >= 15 is 0 Å². The normalized spacial score (nSPS) is 17.9. The van der Waals surface area contributed by atoms with Gasteiger partial charge < -0.3 is 25.8 Å². The molecule has 1 aromatic carbocycles. The number of thiocarbonyl (C=S) groups is 1. The molecule has 1 aliphatic rings. The van der Waals surface area contributed by atoms with Crippen LogP contribution in [0.3, 0.4) is 0 Å². The molecular formula is C14H17N3O3S. The summed E-state index contributed by atoms with van der Waals surface area (Å²) in [6.07, 6.45) is 0. The lowest BCUT2D eigenvalue weighted by atomic mass is 9.94. The largest absolute Gasteiger partial charge is 0.493 e. The van der Waals surface area contributed by atoms with E-state index in [0.717, 1.165) is 5.56 Å². The van der Waals surface area contributed by atoms with Crippen molar-refractivity contribution in [2.45, 2.75) is 13.0 Å². The zero-order chi connectivity index (χ0) is 15.6. The van der Waals surface area contributed by atoms with Crippen LogP contribution in [0.5, 0.6) is 11.5 Å². The molecule has 0 saturated heterocycles. The third kappa shape index (κ3) is 2.78. The van der Waals surface area contributed by atoms with Crippen molar-refractivity contribution in [3.8, 4) is 11.5 Å². The summed E-state index contributed by atoms with van der Waals surface area (Å²) in [6.45, 7) is 1.76. The molecule has 0 bridgehead atoms. The van der Waals surface area contributed by atoms with Crippen LogP contribution in [0.25, 0.3) is 0 Å². The fraction of sp³-hybridized carbons (Fsp3) is 0.286. The number of rotatable bonds is 4. The van der Waals surface area contributed by atoms with Gasteiger partial charge in [-0.15, -0.1) is 0 Å². The average Bonchev–Trinajstić information content (AvgIpc) is 2.44. The van der Waals surface area contributed by atoms with Crippen molar-refractivity contribution < 1.29 is 14.3 Å². The van der Waals surface area contributed by atoms with Gasteiger partial charge in [0, 0.05) is 11.3 Å². The quantitative estimate of drug-likeness (QED) is 0.719. The number of ether oxygens (including phenoxy) is 2. The van der Waals surface area contributed by atoms with Gasteiger partial charge in [0.25, 0.3) is 0 Å². The van der Waals surface area contributed by atoms with Crippen molar-refractivity contribution in [1.29, 1.82) is 0 Å². The van der Waals surface area contributed by atoms with E-state index in [1.54, 1.807) is 27.2 Å². The first-order valence-corrected chi connectivity index (χ1v) is 6.69. The van der Waals surface area contributed by atoms with E-state index in [0.29, 0.717) is 27.9 Å². The minimum atomic E-state index is -0.523. The van der Waals surface area contributed by atoms with Crippen LogP contribution in [-0.2, 0) is 4.79 Å². The number of allylic oxidation sites excluding steroid dienone is 1. The van der Waals surface area contributed by atoms with Crippen molar-refractivity contribution in [2.75, 3.05) is 14.2 Å². The van der Waals surface area contributed by atoms with Crippen molar-refractivity contribution in [3.63, 3.8) is 0 Å². The molecule has 1 heterocycles. The van der Waals surface area contributed by atoms with Crippen LogP contribution >= 0.6 is 12.2 Å². The van der Waals surface area contributed by atoms with E-state index in [4.69, 9.17) is 27.4 Å². The zero-order valence-electron chi connectivity index (χ0n) is 12.0. The number of amides is 1. The molecule has 7 heteroatoms. The fourth-order valence-electron chi connectivity index (χ4n) is 2.39. The summed E-state index contributed by atoms with van der Waals surface area (Å²) in [5.41, 5.74) is 7.27. The Labute approximate surface area is 128 Å². The molecule has 112 valence electrons. The molecule has 4 N–H and O–H groups in total. The number of hydrogen-bond donors (Lipinski definition) is 3. The van der Waals surface area contributed by atoms with Crippen molar-refractivity contribution >= 4 is 23.2 Å². The Morgan fingerprint density at radius 2 is 2.05 bits per heavy atom. The smallest absolute Gasteiger partial charge is 0.248 e. The Morgan fingerprint density at radius 3 is 2.62 bits per heavy atom. The van der Waals surface area contributed by atoms with Crippen LogP contribution in [0.4, 0.5) is 0 Å². The topological polar surface area (TPSA) is 85.6 Å². The minimum absolute atomic E-state index is 0.412. The van der Waals surface area contributed by atoms with Gasteiger partial charge in [-0.3, -0.25) is 4.79 Å². The van der Waals surface area contributed by atoms with E-state index in [-0.39, 0.29) is 0 Å². The molecule has 0 aliphatic carbocycles. The summed E-state index contributed by atoms with van der Waals surface area (Å²) >= 11 is 5.16. The lowest BCUT2D eigenvalue weighted by Gasteiger charge is -2.30. The number of nitrogens with two attached hydrogens (primary N) is 1. The summed E-state index contributed by atoms with van der Waals surface area (Å²) in [7, 11) is 3.10. The molecule has 2 rings (SSSR count). The second-order valence-electron chi connectivity index (χ2n) is 4.52. The summed E-state index contributed by atoms with van der Waals surface area (Å²) in [5.74, 6) is 0.585. The SMILES string of the molecule is COc1cccc(C2NC(=S)NC(C)=C2C(N)=O)c1OC. The molecule has 1 unspecified atom stereocenters. The van der Waals surface area contributed by atoms with Crippen LogP contribution < -0.4 is 25.8 Å². The summed E-state index contributed by atoms with van der Waals surface area (Å²) in [5, 5.41) is 6.37. The highest BCUT2D eigenvalue weighted by Gasteiger charge is 2.31. The molecule has 1 amide bonds. The predicted octanol–water partition coefficient (Wildman–Crippen LogP) is 0.982. The number of para-hydroxylation sites is 1. The standard InChI is InChI=1S/C14H17N3O3S/c1-7-10(13(15)18)11(17-14(21)16-7)8-5-4-6-9(19-2)12(8)20-3/h4-6,11H,1-3H3,(H2,15,18)(H2,16,17,21). The van der Waals surface area contributed by atoms with Gasteiger partial charge in [0.05, 0.1) is 25.8 Å². The van der Waals surface area contributed by atoms with E-state index in [2.05, 4.69) is 10.6 Å². The number of hydrogen-bond acceptors (Lipinski definition) is 4. The van der Waals surface area contributed by atoms with Crippen molar-refractivity contribution in [3.05, 3.63) is 35.0 Å². The van der Waals surface area contributed by atoms with Gasteiger partial charge in [-0.25, -0.2) is 0 Å². The molecule has 1 aromatic rings. The molecular weight excluding hydrogens is 290 g/mol. The van der Waals surface area contributed by atoms with Crippen LogP contribution in [0.2, 0.25) is 0 Å². The zero-order valence-corrected chi connectivity index (χ0v) is 12.8. The highest BCUT2D eigenvalue weighted by Crippen LogP contribution is 2.38. The molecule has 0 radical (unpaired) electrons. The molecule has 0 saturated carbocycles. The van der Waals surface area contributed by atoms with Gasteiger partial charge >= 0.3 is 0 Å². The first-order valence-electron chi connectivity index (χ1n) is 6.28. The Hall–Kier alpha value is -2.28.